The summed E-state index contributed by atoms with van der Waals surface area (Å²) in [6.07, 6.45) is 0.324. The number of aryl methyl sites for hydroxylation is 1. The molecule has 0 saturated carbocycles. The highest BCUT2D eigenvalue weighted by Gasteiger charge is 2.24. The topological polar surface area (TPSA) is 75.3 Å². The Labute approximate surface area is 147 Å². The second kappa shape index (κ2) is 7.79. The summed E-state index contributed by atoms with van der Waals surface area (Å²) in [4.78, 5) is 12.5. The van der Waals surface area contributed by atoms with E-state index in [0.717, 1.165) is 5.56 Å². The fourth-order valence-corrected chi connectivity index (χ4v) is 3.53. The molecule has 1 amide bonds. The lowest BCUT2D eigenvalue weighted by atomic mass is 10.2. The Hall–Kier alpha value is -1.89. The molecule has 0 fully saturated rings. The normalized spacial score (nSPS) is 12.6. The lowest BCUT2D eigenvalue weighted by molar-refractivity contribution is -0.117. The number of hydrogen-bond acceptors (Lipinski definition) is 3. The Bertz CT molecular complexity index is 820. The van der Waals surface area contributed by atoms with Crippen molar-refractivity contribution in [2.45, 2.75) is 31.2 Å². The second-order valence-electron chi connectivity index (χ2n) is 5.34. The predicted octanol–water partition coefficient (Wildman–Crippen LogP) is 3.34. The molecule has 0 saturated heterocycles. The molecule has 0 aliphatic carbocycles. The third-order valence-corrected chi connectivity index (χ3v) is 5.29. The molecule has 0 heterocycles. The molecule has 2 rings (SSSR count). The maximum atomic E-state index is 12.4. The smallest absolute Gasteiger partial charge is 0.242 e. The number of para-hydroxylation sites is 1. The molecular weight excluding hydrogens is 348 g/mol. The van der Waals surface area contributed by atoms with Crippen molar-refractivity contribution < 1.29 is 13.2 Å². The van der Waals surface area contributed by atoms with Crippen molar-refractivity contribution in [2.24, 2.45) is 0 Å². The van der Waals surface area contributed by atoms with Crippen LogP contribution in [0.5, 0.6) is 0 Å². The molecule has 7 heteroatoms. The summed E-state index contributed by atoms with van der Waals surface area (Å²) < 4.78 is 27.2. The molecule has 2 N–H and O–H groups in total. The van der Waals surface area contributed by atoms with Crippen LogP contribution in [0.4, 0.5) is 5.69 Å². The van der Waals surface area contributed by atoms with E-state index >= 15 is 0 Å². The summed E-state index contributed by atoms with van der Waals surface area (Å²) in [5.41, 5.74) is 1.56. The van der Waals surface area contributed by atoms with Crippen molar-refractivity contribution in [3.63, 3.8) is 0 Å². The van der Waals surface area contributed by atoms with Gasteiger partial charge in [0.25, 0.3) is 0 Å². The minimum atomic E-state index is -3.81. The van der Waals surface area contributed by atoms with Gasteiger partial charge in [-0.3, -0.25) is 4.79 Å². The van der Waals surface area contributed by atoms with E-state index in [4.69, 9.17) is 11.6 Å². The van der Waals surface area contributed by atoms with Crippen LogP contribution < -0.4 is 10.0 Å². The van der Waals surface area contributed by atoms with Crippen molar-refractivity contribution in [1.82, 2.24) is 4.72 Å². The fraction of sp³-hybridized carbons (Fsp3) is 0.235. The summed E-state index contributed by atoms with van der Waals surface area (Å²) in [5.74, 6) is -0.399. The van der Waals surface area contributed by atoms with Crippen LogP contribution in [-0.4, -0.2) is 20.4 Å². The quantitative estimate of drug-likeness (QED) is 0.823. The Kier molecular flexibility index (Phi) is 5.99. The Morgan fingerprint density at radius 3 is 2.33 bits per heavy atom. The molecule has 2 aromatic carbocycles. The molecule has 0 radical (unpaired) electrons. The molecule has 0 aromatic heterocycles. The molecule has 1 atom stereocenters. The van der Waals surface area contributed by atoms with Crippen LogP contribution in [0.3, 0.4) is 0 Å². The number of rotatable bonds is 6. The lowest BCUT2D eigenvalue weighted by Gasteiger charge is -2.18. The SMILES string of the molecule is CCC(NS(=O)(=O)c1ccc(Cl)cc1)C(=O)Nc1ccccc1C. The standard InChI is InChI=1S/C17H19ClN2O3S/c1-3-15(17(21)19-16-7-5-4-6-12(16)2)20-24(22,23)14-10-8-13(18)9-11-14/h4-11,15,20H,3H2,1-2H3,(H,19,21). The van der Waals surface area contributed by atoms with Gasteiger partial charge >= 0.3 is 0 Å². The average molecular weight is 367 g/mol. The predicted molar refractivity (Wildman–Crippen MR) is 95.7 cm³/mol. The van der Waals surface area contributed by atoms with Gasteiger partial charge in [-0.15, -0.1) is 0 Å². The monoisotopic (exact) mass is 366 g/mol. The summed E-state index contributed by atoms with van der Waals surface area (Å²) >= 11 is 5.77. The Morgan fingerprint density at radius 2 is 1.75 bits per heavy atom. The Balaban J connectivity index is 2.15. The first kappa shape index (κ1) is 18.4. The van der Waals surface area contributed by atoms with Gasteiger partial charge in [0.1, 0.15) is 6.04 Å². The zero-order chi connectivity index (χ0) is 17.7. The van der Waals surface area contributed by atoms with Crippen molar-refractivity contribution in [1.29, 1.82) is 0 Å². The Morgan fingerprint density at radius 1 is 1.12 bits per heavy atom. The van der Waals surface area contributed by atoms with E-state index in [-0.39, 0.29) is 4.90 Å². The highest BCUT2D eigenvalue weighted by molar-refractivity contribution is 7.89. The van der Waals surface area contributed by atoms with Crippen molar-refractivity contribution in [3.05, 3.63) is 59.1 Å². The minimum Gasteiger partial charge on any atom is -0.324 e. The van der Waals surface area contributed by atoms with Crippen LogP contribution in [0, 0.1) is 6.92 Å². The second-order valence-corrected chi connectivity index (χ2v) is 7.49. The van der Waals surface area contributed by atoms with E-state index in [9.17, 15) is 13.2 Å². The van der Waals surface area contributed by atoms with E-state index in [1.165, 1.54) is 24.3 Å². The molecule has 0 aliphatic heterocycles. The average Bonchev–Trinajstić information content (AvgIpc) is 2.55. The van der Waals surface area contributed by atoms with E-state index in [1.54, 1.807) is 19.1 Å². The van der Waals surface area contributed by atoms with E-state index < -0.39 is 22.0 Å². The zero-order valence-electron chi connectivity index (χ0n) is 13.4. The number of sulfonamides is 1. The van der Waals surface area contributed by atoms with Crippen LogP contribution in [0.15, 0.2) is 53.4 Å². The van der Waals surface area contributed by atoms with Gasteiger partial charge in [-0.1, -0.05) is 36.7 Å². The maximum Gasteiger partial charge on any atom is 0.242 e. The fourth-order valence-electron chi connectivity index (χ4n) is 2.12. The van der Waals surface area contributed by atoms with E-state index in [1.807, 2.05) is 19.1 Å². The van der Waals surface area contributed by atoms with Crippen LogP contribution >= 0.6 is 11.6 Å². The third-order valence-electron chi connectivity index (χ3n) is 3.55. The number of amides is 1. The number of halogens is 1. The summed E-state index contributed by atoms with van der Waals surface area (Å²) in [6, 6.07) is 12.2. The van der Waals surface area contributed by atoms with Crippen molar-refractivity contribution in [3.8, 4) is 0 Å². The largest absolute Gasteiger partial charge is 0.324 e. The number of benzene rings is 2. The summed E-state index contributed by atoms with van der Waals surface area (Å²) in [5, 5.41) is 3.20. The number of hydrogen-bond donors (Lipinski definition) is 2. The minimum absolute atomic E-state index is 0.0639. The van der Waals surface area contributed by atoms with Crippen LogP contribution in [0.2, 0.25) is 5.02 Å². The van der Waals surface area contributed by atoms with Crippen LogP contribution in [0.1, 0.15) is 18.9 Å². The first-order chi connectivity index (χ1) is 11.3. The lowest BCUT2D eigenvalue weighted by Crippen LogP contribution is -2.43. The van der Waals surface area contributed by atoms with Gasteiger partial charge < -0.3 is 5.32 Å². The molecule has 128 valence electrons. The molecule has 5 nitrogen and oxygen atoms in total. The van der Waals surface area contributed by atoms with E-state index in [2.05, 4.69) is 10.0 Å². The molecule has 0 spiro atoms. The third kappa shape index (κ3) is 4.56. The first-order valence-corrected chi connectivity index (χ1v) is 9.34. The summed E-state index contributed by atoms with van der Waals surface area (Å²) in [6.45, 7) is 3.61. The van der Waals surface area contributed by atoms with Crippen molar-refractivity contribution in [2.75, 3.05) is 5.32 Å². The van der Waals surface area contributed by atoms with Gasteiger partial charge in [0, 0.05) is 10.7 Å². The summed E-state index contributed by atoms with van der Waals surface area (Å²) in [7, 11) is -3.81. The van der Waals surface area contributed by atoms with E-state index in [0.29, 0.717) is 17.1 Å². The number of carbonyl (C=O) groups excluding carboxylic acids is 1. The molecule has 1 unspecified atom stereocenters. The number of anilines is 1. The molecule has 0 aliphatic rings. The molecule has 24 heavy (non-hydrogen) atoms. The number of carbonyl (C=O) groups is 1. The molecular formula is C17H19ClN2O3S. The molecule has 0 bridgehead atoms. The maximum absolute atomic E-state index is 12.4. The van der Waals surface area contributed by atoms with Crippen LogP contribution in [-0.2, 0) is 14.8 Å². The molecule has 2 aromatic rings. The first-order valence-electron chi connectivity index (χ1n) is 7.48. The number of nitrogens with one attached hydrogen (secondary N) is 2. The van der Waals surface area contributed by atoms with Gasteiger partial charge in [-0.2, -0.15) is 4.72 Å². The van der Waals surface area contributed by atoms with Gasteiger partial charge in [-0.05, 0) is 49.2 Å². The highest BCUT2D eigenvalue weighted by atomic mass is 35.5. The van der Waals surface area contributed by atoms with Gasteiger partial charge in [0.2, 0.25) is 15.9 Å². The highest BCUT2D eigenvalue weighted by Crippen LogP contribution is 2.16. The van der Waals surface area contributed by atoms with Gasteiger partial charge in [-0.25, -0.2) is 8.42 Å². The zero-order valence-corrected chi connectivity index (χ0v) is 15.0. The van der Waals surface area contributed by atoms with Gasteiger partial charge in [0.15, 0.2) is 0 Å². The van der Waals surface area contributed by atoms with Crippen LogP contribution in [0.25, 0.3) is 0 Å². The van der Waals surface area contributed by atoms with Gasteiger partial charge in [0.05, 0.1) is 4.90 Å². The van der Waals surface area contributed by atoms with Crippen molar-refractivity contribution >= 4 is 33.2 Å².